The van der Waals surface area contributed by atoms with Crippen LogP contribution in [-0.4, -0.2) is 31.6 Å². The fraction of sp³-hybridized carbons (Fsp3) is 0.316. The zero-order valence-corrected chi connectivity index (χ0v) is 15.8. The minimum atomic E-state index is -0.219. The molecule has 3 heterocycles. The maximum atomic E-state index is 12.5. The third kappa shape index (κ3) is 3.14. The summed E-state index contributed by atoms with van der Waals surface area (Å²) in [6, 6.07) is 5.86. The van der Waals surface area contributed by atoms with Gasteiger partial charge in [0.2, 0.25) is 0 Å². The summed E-state index contributed by atoms with van der Waals surface area (Å²) in [4.78, 5) is 30.7. The first-order valence-corrected chi connectivity index (χ1v) is 9.00. The Morgan fingerprint density at radius 2 is 1.88 bits per heavy atom. The first-order valence-electron chi connectivity index (χ1n) is 8.18. The van der Waals surface area contributed by atoms with E-state index in [0.717, 1.165) is 40.1 Å². The molecule has 2 aromatic rings. The Morgan fingerprint density at radius 3 is 2.48 bits per heavy atom. The van der Waals surface area contributed by atoms with Crippen LogP contribution in [0.2, 0.25) is 0 Å². The van der Waals surface area contributed by atoms with Crippen LogP contribution in [-0.2, 0) is 4.79 Å². The number of amides is 2. The molecule has 3 rings (SSSR count). The van der Waals surface area contributed by atoms with Crippen LogP contribution in [0.15, 0.2) is 29.3 Å². The number of carbonyl (C=O) groups excluding carboxylic acids is 2. The van der Waals surface area contributed by atoms with E-state index in [4.69, 9.17) is 0 Å². The number of hydrogen-bond acceptors (Lipinski definition) is 4. The summed E-state index contributed by atoms with van der Waals surface area (Å²) >= 11 is 1.00. The lowest BCUT2D eigenvalue weighted by Crippen LogP contribution is -2.34. The van der Waals surface area contributed by atoms with Gasteiger partial charge in [0, 0.05) is 23.6 Å². The Labute approximate surface area is 151 Å². The summed E-state index contributed by atoms with van der Waals surface area (Å²) < 4.78 is 2.06. The van der Waals surface area contributed by atoms with Gasteiger partial charge in [0.1, 0.15) is 5.82 Å². The van der Waals surface area contributed by atoms with E-state index in [-0.39, 0.29) is 17.2 Å². The van der Waals surface area contributed by atoms with Crippen molar-refractivity contribution in [1.82, 2.24) is 14.5 Å². The van der Waals surface area contributed by atoms with E-state index in [1.165, 1.54) is 4.90 Å². The molecule has 130 valence electrons. The molecule has 0 unspecified atom stereocenters. The first-order chi connectivity index (χ1) is 11.8. The van der Waals surface area contributed by atoms with Crippen molar-refractivity contribution in [3.8, 4) is 5.82 Å². The normalized spacial score (nSPS) is 16.6. The standard InChI is InChI=1S/C19H21N3O2S/c1-11(2)21-18(23)16(25-19(21)24)10-15-9-13(4)22(14(15)5)17-8-12(3)6-7-20-17/h6-11H,1-5H3/b16-10+. The Hall–Kier alpha value is -2.34. The van der Waals surface area contributed by atoms with Gasteiger partial charge in [-0.1, -0.05) is 0 Å². The number of aryl methyl sites for hydroxylation is 2. The number of aromatic nitrogens is 2. The fourth-order valence-corrected chi connectivity index (χ4v) is 3.95. The van der Waals surface area contributed by atoms with Crippen molar-refractivity contribution in [2.75, 3.05) is 0 Å². The molecule has 25 heavy (non-hydrogen) atoms. The van der Waals surface area contributed by atoms with Crippen molar-refractivity contribution in [3.05, 3.63) is 51.8 Å². The van der Waals surface area contributed by atoms with E-state index >= 15 is 0 Å². The van der Waals surface area contributed by atoms with Crippen LogP contribution in [0.3, 0.4) is 0 Å². The van der Waals surface area contributed by atoms with Crippen LogP contribution in [0.1, 0.15) is 36.4 Å². The smallest absolute Gasteiger partial charge is 0.293 e. The van der Waals surface area contributed by atoms with Gasteiger partial charge in [-0.2, -0.15) is 0 Å². The number of pyridine rings is 1. The minimum absolute atomic E-state index is 0.137. The molecule has 2 amide bonds. The van der Waals surface area contributed by atoms with Crippen molar-refractivity contribution < 1.29 is 9.59 Å². The van der Waals surface area contributed by atoms with E-state index in [2.05, 4.69) is 9.55 Å². The van der Waals surface area contributed by atoms with Gasteiger partial charge in [-0.15, -0.1) is 0 Å². The summed E-state index contributed by atoms with van der Waals surface area (Å²) in [6.45, 7) is 9.72. The van der Waals surface area contributed by atoms with Gasteiger partial charge in [0.15, 0.2) is 0 Å². The van der Waals surface area contributed by atoms with Crippen LogP contribution in [0, 0.1) is 20.8 Å². The number of rotatable bonds is 3. The molecule has 0 N–H and O–H groups in total. The van der Waals surface area contributed by atoms with Gasteiger partial charge >= 0.3 is 0 Å². The highest BCUT2D eigenvalue weighted by molar-refractivity contribution is 8.18. The van der Waals surface area contributed by atoms with Gasteiger partial charge in [0.25, 0.3) is 11.1 Å². The molecule has 0 saturated carbocycles. The van der Waals surface area contributed by atoms with E-state index in [0.29, 0.717) is 4.91 Å². The van der Waals surface area contributed by atoms with Gasteiger partial charge in [0.05, 0.1) is 4.91 Å². The van der Waals surface area contributed by atoms with Crippen LogP contribution >= 0.6 is 11.8 Å². The van der Waals surface area contributed by atoms with Gasteiger partial charge in [-0.05, 0) is 81.8 Å². The van der Waals surface area contributed by atoms with Gasteiger partial charge < -0.3 is 4.57 Å². The zero-order valence-electron chi connectivity index (χ0n) is 15.0. The molecule has 1 aliphatic heterocycles. The predicted octanol–water partition coefficient (Wildman–Crippen LogP) is 4.24. The minimum Gasteiger partial charge on any atom is -0.303 e. The third-order valence-corrected chi connectivity index (χ3v) is 5.11. The molecule has 0 aliphatic carbocycles. The second kappa shape index (κ2) is 6.52. The summed E-state index contributed by atoms with van der Waals surface area (Å²) in [5.74, 6) is 0.633. The quantitative estimate of drug-likeness (QED) is 0.773. The lowest BCUT2D eigenvalue weighted by Gasteiger charge is -2.16. The number of carbonyl (C=O) groups is 2. The molecule has 1 fully saturated rings. The summed E-state index contributed by atoms with van der Waals surface area (Å²) in [6.07, 6.45) is 3.60. The molecule has 5 nitrogen and oxygen atoms in total. The molecule has 2 aromatic heterocycles. The van der Waals surface area contributed by atoms with Crippen LogP contribution in [0.25, 0.3) is 11.9 Å². The lowest BCUT2D eigenvalue weighted by atomic mass is 10.2. The van der Waals surface area contributed by atoms with Gasteiger partial charge in [-0.3, -0.25) is 14.5 Å². The fourth-order valence-electron chi connectivity index (χ4n) is 3.00. The third-order valence-electron chi connectivity index (χ3n) is 4.23. The van der Waals surface area contributed by atoms with Gasteiger partial charge in [-0.25, -0.2) is 4.98 Å². The summed E-state index contributed by atoms with van der Waals surface area (Å²) in [5.41, 5.74) is 4.09. The van der Waals surface area contributed by atoms with E-state index in [1.54, 1.807) is 6.20 Å². The van der Waals surface area contributed by atoms with Crippen LogP contribution in [0.4, 0.5) is 4.79 Å². The Morgan fingerprint density at radius 1 is 1.16 bits per heavy atom. The Kier molecular flexibility index (Phi) is 4.56. The van der Waals surface area contributed by atoms with E-state index in [9.17, 15) is 9.59 Å². The highest BCUT2D eigenvalue weighted by Crippen LogP contribution is 2.34. The van der Waals surface area contributed by atoms with Crippen LogP contribution in [0.5, 0.6) is 0 Å². The SMILES string of the molecule is Cc1ccnc(-n2c(C)cc(/C=C3/SC(=O)N(C(C)C)C3=O)c2C)c1. The summed E-state index contributed by atoms with van der Waals surface area (Å²) in [5, 5.41) is -0.208. The molecular formula is C19H21N3O2S. The highest BCUT2D eigenvalue weighted by Gasteiger charge is 2.36. The molecule has 1 aliphatic rings. The number of nitrogens with zero attached hydrogens (tertiary/aromatic N) is 3. The second-order valence-corrected chi connectivity index (χ2v) is 7.49. The zero-order chi connectivity index (χ0) is 18.3. The number of imide groups is 1. The van der Waals surface area contributed by atoms with E-state index in [1.807, 2.05) is 58.9 Å². The molecule has 0 aromatic carbocycles. The highest BCUT2D eigenvalue weighted by atomic mass is 32.2. The molecule has 0 bridgehead atoms. The van der Waals surface area contributed by atoms with E-state index < -0.39 is 0 Å². The monoisotopic (exact) mass is 355 g/mol. The lowest BCUT2D eigenvalue weighted by molar-refractivity contribution is -0.123. The Balaban J connectivity index is 2.02. The van der Waals surface area contributed by atoms with Crippen molar-refractivity contribution in [3.63, 3.8) is 0 Å². The first kappa shape index (κ1) is 17.5. The van der Waals surface area contributed by atoms with Crippen LogP contribution < -0.4 is 0 Å². The Bertz CT molecular complexity index is 896. The van der Waals surface area contributed by atoms with Crippen molar-refractivity contribution in [2.45, 2.75) is 40.7 Å². The predicted molar refractivity (Wildman–Crippen MR) is 101 cm³/mol. The molecule has 0 radical (unpaired) electrons. The molecule has 0 spiro atoms. The maximum absolute atomic E-state index is 12.5. The molecule has 6 heteroatoms. The molecule has 0 atom stereocenters. The average molecular weight is 355 g/mol. The topological polar surface area (TPSA) is 55.2 Å². The van der Waals surface area contributed by atoms with Crippen molar-refractivity contribution >= 4 is 29.0 Å². The van der Waals surface area contributed by atoms with Crippen molar-refractivity contribution in [2.24, 2.45) is 0 Å². The molecule has 1 saturated heterocycles. The molecular weight excluding hydrogens is 334 g/mol. The maximum Gasteiger partial charge on any atom is 0.293 e. The largest absolute Gasteiger partial charge is 0.303 e. The average Bonchev–Trinajstić information content (AvgIpc) is 2.95. The summed E-state index contributed by atoms with van der Waals surface area (Å²) in [7, 11) is 0. The van der Waals surface area contributed by atoms with Crippen molar-refractivity contribution in [1.29, 1.82) is 0 Å². The number of hydrogen-bond donors (Lipinski definition) is 0. The number of thioether (sulfide) groups is 1. The second-order valence-electron chi connectivity index (χ2n) is 6.50.